The van der Waals surface area contributed by atoms with E-state index >= 15 is 0 Å². The zero-order chi connectivity index (χ0) is 15.6. The summed E-state index contributed by atoms with van der Waals surface area (Å²) in [6.07, 6.45) is 0. The Morgan fingerprint density at radius 3 is 2.62 bits per heavy atom. The van der Waals surface area contributed by atoms with Crippen molar-refractivity contribution in [3.8, 4) is 0 Å². The first-order chi connectivity index (χ1) is 9.93. The Morgan fingerprint density at radius 2 is 2.05 bits per heavy atom. The number of anilines is 1. The van der Waals surface area contributed by atoms with Crippen LogP contribution < -0.4 is 11.1 Å². The van der Waals surface area contributed by atoms with Gasteiger partial charge in [0.15, 0.2) is 5.84 Å². The lowest BCUT2D eigenvalue weighted by Gasteiger charge is -2.12. The van der Waals surface area contributed by atoms with Crippen LogP contribution in [0.2, 0.25) is 0 Å². The number of amides is 1. The molecule has 0 radical (unpaired) electrons. The number of nitrogens with two attached hydrogens (primary N) is 1. The Bertz CT molecular complexity index is 717. The number of aryl methyl sites for hydroxylation is 3. The zero-order valence-corrected chi connectivity index (χ0v) is 12.1. The molecule has 6 heteroatoms. The van der Waals surface area contributed by atoms with Crippen LogP contribution in [0.3, 0.4) is 0 Å². The molecular weight excluding hydrogens is 270 g/mol. The highest BCUT2D eigenvalue weighted by molar-refractivity contribution is 6.10. The van der Waals surface area contributed by atoms with Crippen LogP contribution in [-0.2, 0) is 0 Å². The number of benzene rings is 1. The van der Waals surface area contributed by atoms with Crippen molar-refractivity contribution in [2.45, 2.75) is 20.8 Å². The highest BCUT2D eigenvalue weighted by Gasteiger charge is 2.17. The summed E-state index contributed by atoms with van der Waals surface area (Å²) in [7, 11) is 0. The van der Waals surface area contributed by atoms with Gasteiger partial charge in [-0.25, -0.2) is 0 Å². The Kier molecular flexibility index (Phi) is 3.98. The second kappa shape index (κ2) is 5.70. The summed E-state index contributed by atoms with van der Waals surface area (Å²) in [6.45, 7) is 5.32. The van der Waals surface area contributed by atoms with Crippen LogP contribution >= 0.6 is 0 Å². The van der Waals surface area contributed by atoms with E-state index in [1.54, 1.807) is 32.0 Å². The van der Waals surface area contributed by atoms with Crippen LogP contribution in [0.1, 0.15) is 33.0 Å². The van der Waals surface area contributed by atoms with Crippen molar-refractivity contribution in [2.24, 2.45) is 10.9 Å². The van der Waals surface area contributed by atoms with E-state index in [1.807, 2.05) is 13.0 Å². The smallest absolute Gasteiger partial charge is 0.259 e. The van der Waals surface area contributed by atoms with Gasteiger partial charge in [0.1, 0.15) is 11.5 Å². The first-order valence-corrected chi connectivity index (χ1v) is 6.40. The Balaban J connectivity index is 2.38. The fraction of sp³-hybridized carbons (Fsp3) is 0.200. The zero-order valence-electron chi connectivity index (χ0n) is 12.1. The van der Waals surface area contributed by atoms with Gasteiger partial charge in [0, 0.05) is 5.56 Å². The summed E-state index contributed by atoms with van der Waals surface area (Å²) in [5.41, 5.74) is 7.90. The average molecular weight is 287 g/mol. The molecule has 1 aromatic carbocycles. The number of carbonyl (C=O) groups is 1. The van der Waals surface area contributed by atoms with Gasteiger partial charge >= 0.3 is 0 Å². The predicted molar refractivity (Wildman–Crippen MR) is 79.8 cm³/mol. The van der Waals surface area contributed by atoms with E-state index in [0.717, 1.165) is 5.56 Å². The summed E-state index contributed by atoms with van der Waals surface area (Å²) in [6, 6.07) is 6.97. The third-order valence-corrected chi connectivity index (χ3v) is 3.17. The molecule has 1 amide bonds. The van der Waals surface area contributed by atoms with Gasteiger partial charge in [-0.3, -0.25) is 4.79 Å². The molecule has 6 nitrogen and oxygen atoms in total. The van der Waals surface area contributed by atoms with Crippen molar-refractivity contribution in [2.75, 3.05) is 5.32 Å². The van der Waals surface area contributed by atoms with E-state index in [1.165, 1.54) is 0 Å². The number of nitrogens with zero attached hydrogens (tertiary/aromatic N) is 1. The minimum atomic E-state index is -0.304. The monoisotopic (exact) mass is 287 g/mol. The van der Waals surface area contributed by atoms with Gasteiger partial charge in [0.25, 0.3) is 5.91 Å². The molecule has 0 aliphatic heterocycles. The molecular formula is C15H17N3O3. The molecule has 1 aromatic heterocycles. The molecule has 0 saturated carbocycles. The van der Waals surface area contributed by atoms with Crippen LogP contribution in [-0.4, -0.2) is 17.0 Å². The summed E-state index contributed by atoms with van der Waals surface area (Å²) in [5, 5.41) is 14.6. The summed E-state index contributed by atoms with van der Waals surface area (Å²) >= 11 is 0. The number of amidine groups is 1. The number of hydrogen-bond acceptors (Lipinski definition) is 4. The highest BCUT2D eigenvalue weighted by Crippen LogP contribution is 2.21. The molecule has 0 unspecified atom stereocenters. The minimum Gasteiger partial charge on any atom is -0.466 e. The van der Waals surface area contributed by atoms with Gasteiger partial charge in [0.2, 0.25) is 0 Å². The number of hydrogen-bond donors (Lipinski definition) is 3. The highest BCUT2D eigenvalue weighted by atomic mass is 16.4. The van der Waals surface area contributed by atoms with E-state index in [2.05, 4.69) is 10.5 Å². The Labute approximate surface area is 122 Å². The molecule has 110 valence electrons. The lowest BCUT2D eigenvalue weighted by atomic mass is 10.1. The third kappa shape index (κ3) is 2.89. The molecule has 0 spiro atoms. The maximum atomic E-state index is 12.3. The Hall–Kier alpha value is -2.76. The first-order valence-electron chi connectivity index (χ1n) is 6.40. The van der Waals surface area contributed by atoms with Crippen LogP contribution in [0.5, 0.6) is 0 Å². The van der Waals surface area contributed by atoms with E-state index < -0.39 is 0 Å². The van der Waals surface area contributed by atoms with Gasteiger partial charge in [-0.05, 0) is 38.5 Å². The fourth-order valence-electron chi connectivity index (χ4n) is 2.21. The SMILES string of the molecule is Cc1cc(C(=O)Nc2cccc(C)c2/C(N)=N/O)c(C)o1. The van der Waals surface area contributed by atoms with Gasteiger partial charge in [-0.15, -0.1) is 0 Å². The number of oxime groups is 1. The van der Waals surface area contributed by atoms with Crippen molar-refractivity contribution >= 4 is 17.4 Å². The maximum absolute atomic E-state index is 12.3. The van der Waals surface area contributed by atoms with Crippen molar-refractivity contribution in [3.63, 3.8) is 0 Å². The maximum Gasteiger partial charge on any atom is 0.259 e. The van der Waals surface area contributed by atoms with Crippen molar-refractivity contribution < 1.29 is 14.4 Å². The third-order valence-electron chi connectivity index (χ3n) is 3.17. The van der Waals surface area contributed by atoms with Crippen LogP contribution in [0.25, 0.3) is 0 Å². The summed E-state index contributed by atoms with van der Waals surface area (Å²) in [4.78, 5) is 12.3. The molecule has 0 aliphatic rings. The van der Waals surface area contributed by atoms with Crippen molar-refractivity contribution in [3.05, 3.63) is 52.5 Å². The standard InChI is InChI=1S/C15H17N3O3/c1-8-5-4-6-12(13(8)14(16)18-20)17-15(19)11-7-9(2)21-10(11)3/h4-7,20H,1-3H3,(H2,16,18)(H,17,19). The van der Waals surface area contributed by atoms with Crippen LogP contribution in [0.4, 0.5) is 5.69 Å². The van der Waals surface area contributed by atoms with Gasteiger partial charge in [-0.2, -0.15) is 0 Å². The van der Waals surface area contributed by atoms with Crippen molar-refractivity contribution in [1.29, 1.82) is 0 Å². The second-order valence-corrected chi connectivity index (χ2v) is 4.76. The van der Waals surface area contributed by atoms with E-state index in [4.69, 9.17) is 15.4 Å². The lowest BCUT2D eigenvalue weighted by molar-refractivity contribution is 0.102. The molecule has 1 heterocycles. The molecule has 0 saturated heterocycles. The normalized spacial score (nSPS) is 11.5. The van der Waals surface area contributed by atoms with E-state index in [0.29, 0.717) is 28.3 Å². The molecule has 0 fully saturated rings. The first kappa shape index (κ1) is 14.6. The topological polar surface area (TPSA) is 101 Å². The molecule has 4 N–H and O–H groups in total. The predicted octanol–water partition coefficient (Wildman–Crippen LogP) is 2.55. The molecule has 0 aliphatic carbocycles. The fourth-order valence-corrected chi connectivity index (χ4v) is 2.21. The van der Waals surface area contributed by atoms with Gasteiger partial charge in [0.05, 0.1) is 11.3 Å². The number of furan rings is 1. The van der Waals surface area contributed by atoms with Crippen LogP contribution in [0, 0.1) is 20.8 Å². The number of rotatable bonds is 3. The van der Waals surface area contributed by atoms with Gasteiger partial charge < -0.3 is 20.7 Å². The molecule has 2 aromatic rings. The van der Waals surface area contributed by atoms with Crippen molar-refractivity contribution in [1.82, 2.24) is 0 Å². The number of nitrogens with one attached hydrogen (secondary N) is 1. The van der Waals surface area contributed by atoms with Crippen LogP contribution in [0.15, 0.2) is 33.8 Å². The molecule has 21 heavy (non-hydrogen) atoms. The van der Waals surface area contributed by atoms with Gasteiger partial charge in [-0.1, -0.05) is 17.3 Å². The summed E-state index contributed by atoms with van der Waals surface area (Å²) in [5.74, 6) is 0.854. The summed E-state index contributed by atoms with van der Waals surface area (Å²) < 4.78 is 5.35. The molecule has 0 bridgehead atoms. The lowest BCUT2D eigenvalue weighted by Crippen LogP contribution is -2.20. The largest absolute Gasteiger partial charge is 0.466 e. The minimum absolute atomic E-state index is 0.0523. The molecule has 0 atom stereocenters. The Morgan fingerprint density at radius 1 is 1.33 bits per heavy atom. The number of carbonyl (C=O) groups excluding carboxylic acids is 1. The average Bonchev–Trinajstić information content (AvgIpc) is 2.77. The second-order valence-electron chi connectivity index (χ2n) is 4.76. The van der Waals surface area contributed by atoms with E-state index in [-0.39, 0.29) is 11.7 Å². The van der Waals surface area contributed by atoms with E-state index in [9.17, 15) is 4.79 Å². The molecule has 2 rings (SSSR count). The quantitative estimate of drug-likeness (QED) is 0.349.